The van der Waals surface area contributed by atoms with Gasteiger partial charge in [0, 0.05) is 11.8 Å². The van der Waals surface area contributed by atoms with Crippen molar-refractivity contribution in [1.82, 2.24) is 0 Å². The molecule has 4 rings (SSSR count). The number of hydrogen-bond donors (Lipinski definition) is 0. The van der Waals surface area contributed by atoms with Crippen molar-refractivity contribution in [2.45, 2.75) is 59.3 Å². The molecule has 1 saturated carbocycles. The first kappa shape index (κ1) is 22.3. The molecule has 0 heterocycles. The molecule has 32 heavy (non-hydrogen) atoms. The Labute approximate surface area is 194 Å². The SMILES string of the molecule is C=C(CCC)C1=C(C)C=C2C/C(=C/c3ccc(C)cc3)C(=C)C2C1c1ccc(CC)cc1. The van der Waals surface area contributed by atoms with Gasteiger partial charge in [0.25, 0.3) is 0 Å². The maximum absolute atomic E-state index is 4.65. The predicted octanol–water partition coefficient (Wildman–Crippen LogP) is 8.91. The highest BCUT2D eigenvalue weighted by Gasteiger charge is 2.40. The topological polar surface area (TPSA) is 0 Å². The molecule has 0 heteroatoms. The quantitative estimate of drug-likeness (QED) is 0.437. The Morgan fingerprint density at radius 3 is 2.28 bits per heavy atom. The van der Waals surface area contributed by atoms with Gasteiger partial charge in [-0.2, -0.15) is 0 Å². The maximum Gasteiger partial charge on any atom is 0.0201 e. The number of aryl methyl sites for hydroxylation is 2. The second kappa shape index (κ2) is 9.33. The van der Waals surface area contributed by atoms with Gasteiger partial charge in [-0.3, -0.25) is 0 Å². The van der Waals surface area contributed by atoms with Crippen molar-refractivity contribution in [3.63, 3.8) is 0 Å². The molecule has 2 unspecified atom stereocenters. The van der Waals surface area contributed by atoms with Crippen molar-refractivity contribution in [3.05, 3.63) is 123 Å². The molecule has 2 aliphatic rings. The normalized spacial score (nSPS) is 21.7. The van der Waals surface area contributed by atoms with Crippen LogP contribution in [0.4, 0.5) is 0 Å². The van der Waals surface area contributed by atoms with Crippen molar-refractivity contribution < 1.29 is 0 Å². The van der Waals surface area contributed by atoms with E-state index in [1.807, 2.05) is 0 Å². The van der Waals surface area contributed by atoms with E-state index in [2.05, 4.69) is 102 Å². The Balaban J connectivity index is 1.78. The van der Waals surface area contributed by atoms with Crippen LogP contribution in [0.25, 0.3) is 6.08 Å². The van der Waals surface area contributed by atoms with Crippen LogP contribution < -0.4 is 0 Å². The first-order valence-electron chi connectivity index (χ1n) is 12.1. The fourth-order valence-electron chi connectivity index (χ4n) is 5.45. The summed E-state index contributed by atoms with van der Waals surface area (Å²) in [7, 11) is 0. The molecule has 0 amide bonds. The first-order valence-corrected chi connectivity index (χ1v) is 12.1. The van der Waals surface area contributed by atoms with E-state index in [4.69, 9.17) is 0 Å². The van der Waals surface area contributed by atoms with Crippen molar-refractivity contribution in [2.24, 2.45) is 5.92 Å². The third kappa shape index (κ3) is 4.24. The van der Waals surface area contributed by atoms with Crippen molar-refractivity contribution in [3.8, 4) is 0 Å². The summed E-state index contributed by atoms with van der Waals surface area (Å²) in [5.41, 5.74) is 13.6. The van der Waals surface area contributed by atoms with E-state index in [9.17, 15) is 0 Å². The lowest BCUT2D eigenvalue weighted by Gasteiger charge is -2.34. The minimum atomic E-state index is 0.302. The third-order valence-electron chi connectivity index (χ3n) is 7.15. The number of fused-ring (bicyclic) bond motifs is 1. The van der Waals surface area contributed by atoms with Gasteiger partial charge in [0.1, 0.15) is 0 Å². The average Bonchev–Trinajstić information content (AvgIpc) is 3.09. The van der Waals surface area contributed by atoms with E-state index < -0.39 is 0 Å². The molecule has 164 valence electrons. The summed E-state index contributed by atoms with van der Waals surface area (Å²) in [6.07, 6.45) is 9.00. The molecule has 2 aliphatic carbocycles. The monoisotopic (exact) mass is 420 g/mol. The summed E-state index contributed by atoms with van der Waals surface area (Å²) in [6, 6.07) is 18.1. The molecule has 0 spiro atoms. The fourth-order valence-corrected chi connectivity index (χ4v) is 5.45. The van der Waals surface area contributed by atoms with Gasteiger partial charge in [-0.25, -0.2) is 0 Å². The van der Waals surface area contributed by atoms with Crippen LogP contribution in [0, 0.1) is 12.8 Å². The lowest BCUT2D eigenvalue weighted by atomic mass is 9.69. The van der Waals surface area contributed by atoms with Gasteiger partial charge in [0.2, 0.25) is 0 Å². The Morgan fingerprint density at radius 1 is 0.969 bits per heavy atom. The summed E-state index contributed by atoms with van der Waals surface area (Å²) in [4.78, 5) is 0. The first-order chi connectivity index (χ1) is 15.4. The number of hydrogen-bond acceptors (Lipinski definition) is 0. The second-order valence-electron chi connectivity index (χ2n) is 9.50. The highest BCUT2D eigenvalue weighted by Crippen LogP contribution is 2.55. The molecule has 1 fully saturated rings. The molecule has 0 aromatic heterocycles. The zero-order chi connectivity index (χ0) is 22.8. The van der Waals surface area contributed by atoms with Crippen LogP contribution in [0.1, 0.15) is 68.2 Å². The predicted molar refractivity (Wildman–Crippen MR) is 140 cm³/mol. The highest BCUT2D eigenvalue weighted by atomic mass is 14.4. The molecule has 0 aliphatic heterocycles. The molecule has 2 aromatic rings. The molecule has 2 atom stereocenters. The maximum atomic E-state index is 4.65. The number of allylic oxidation sites excluding steroid dienone is 7. The minimum absolute atomic E-state index is 0.302. The number of benzene rings is 2. The van der Waals surface area contributed by atoms with Crippen molar-refractivity contribution in [2.75, 3.05) is 0 Å². The van der Waals surface area contributed by atoms with E-state index in [1.165, 1.54) is 55.7 Å². The minimum Gasteiger partial charge on any atom is -0.0955 e. The van der Waals surface area contributed by atoms with Gasteiger partial charge in [-0.1, -0.05) is 111 Å². The van der Waals surface area contributed by atoms with Crippen LogP contribution in [0.2, 0.25) is 0 Å². The second-order valence-corrected chi connectivity index (χ2v) is 9.50. The molecule has 0 N–H and O–H groups in total. The molecule has 0 saturated heterocycles. The molecule has 0 bridgehead atoms. The van der Waals surface area contributed by atoms with Crippen LogP contribution in [-0.4, -0.2) is 0 Å². The largest absolute Gasteiger partial charge is 0.0955 e. The van der Waals surface area contributed by atoms with Crippen LogP contribution in [-0.2, 0) is 6.42 Å². The van der Waals surface area contributed by atoms with Gasteiger partial charge in [0.05, 0.1) is 0 Å². The summed E-state index contributed by atoms with van der Waals surface area (Å²) in [5.74, 6) is 0.628. The summed E-state index contributed by atoms with van der Waals surface area (Å²) >= 11 is 0. The molecule has 2 aromatic carbocycles. The van der Waals surface area contributed by atoms with Gasteiger partial charge >= 0.3 is 0 Å². The van der Waals surface area contributed by atoms with Crippen LogP contribution in [0.3, 0.4) is 0 Å². The highest BCUT2D eigenvalue weighted by molar-refractivity contribution is 5.67. The fraction of sp³-hybridized carbons (Fsp3) is 0.312. The van der Waals surface area contributed by atoms with E-state index in [-0.39, 0.29) is 0 Å². The summed E-state index contributed by atoms with van der Waals surface area (Å²) < 4.78 is 0. The number of rotatable bonds is 6. The standard InChI is InChI=1S/C32H36/c1-7-9-22(4)30-23(5)18-29-20-28(19-26-12-10-21(3)11-13-26)24(6)31(29)32(30)27-16-14-25(8-2)15-17-27/h10-19,31-32H,4,6-9,20H2,1-3,5H3/b28-19-. The van der Waals surface area contributed by atoms with E-state index in [1.54, 1.807) is 0 Å². The van der Waals surface area contributed by atoms with Gasteiger partial charge in [0.15, 0.2) is 0 Å². The zero-order valence-corrected chi connectivity index (χ0v) is 20.2. The van der Waals surface area contributed by atoms with Crippen LogP contribution in [0.15, 0.2) is 101 Å². The smallest absolute Gasteiger partial charge is 0.0201 e. The lowest BCUT2D eigenvalue weighted by molar-refractivity contribution is 0.619. The molecular formula is C32H36. The van der Waals surface area contributed by atoms with Crippen LogP contribution >= 0.6 is 0 Å². The molecule has 0 radical (unpaired) electrons. The van der Waals surface area contributed by atoms with Crippen LogP contribution in [0.5, 0.6) is 0 Å². The molecule has 0 nitrogen and oxygen atoms in total. The van der Waals surface area contributed by atoms with Crippen molar-refractivity contribution >= 4 is 6.08 Å². The Hall–Kier alpha value is -2.86. The van der Waals surface area contributed by atoms with Crippen molar-refractivity contribution in [1.29, 1.82) is 0 Å². The van der Waals surface area contributed by atoms with Gasteiger partial charge in [-0.05, 0) is 72.1 Å². The molecular weight excluding hydrogens is 384 g/mol. The lowest BCUT2D eigenvalue weighted by Crippen LogP contribution is -2.21. The summed E-state index contributed by atoms with van der Waals surface area (Å²) in [6.45, 7) is 18.1. The Kier molecular flexibility index (Phi) is 6.51. The zero-order valence-electron chi connectivity index (χ0n) is 20.2. The summed E-state index contributed by atoms with van der Waals surface area (Å²) in [5, 5.41) is 0. The van der Waals surface area contributed by atoms with E-state index in [0.717, 1.165) is 25.7 Å². The Bertz CT molecular complexity index is 1110. The van der Waals surface area contributed by atoms with E-state index >= 15 is 0 Å². The average molecular weight is 421 g/mol. The van der Waals surface area contributed by atoms with Gasteiger partial charge in [-0.15, -0.1) is 0 Å². The van der Waals surface area contributed by atoms with E-state index in [0.29, 0.717) is 11.8 Å². The Morgan fingerprint density at radius 2 is 1.66 bits per heavy atom. The third-order valence-corrected chi connectivity index (χ3v) is 7.15. The van der Waals surface area contributed by atoms with Gasteiger partial charge < -0.3 is 0 Å².